The van der Waals surface area contributed by atoms with Crippen LogP contribution in [0.15, 0.2) is 40.8 Å². The largest absolute Gasteiger partial charge is 0.462 e. The van der Waals surface area contributed by atoms with Gasteiger partial charge in [-0.05, 0) is 58.4 Å². The van der Waals surface area contributed by atoms with Gasteiger partial charge in [0.05, 0.1) is 24.6 Å². The Kier molecular flexibility index (Phi) is 6.36. The highest BCUT2D eigenvalue weighted by Crippen LogP contribution is 2.32. The second-order valence-electron chi connectivity index (χ2n) is 7.66. The molecule has 176 valence electrons. The Bertz CT molecular complexity index is 1370. The molecule has 9 nitrogen and oxygen atoms in total. The summed E-state index contributed by atoms with van der Waals surface area (Å²) in [5.74, 6) is -0.610. The molecule has 1 aromatic carbocycles. The summed E-state index contributed by atoms with van der Waals surface area (Å²) in [5, 5.41) is 8.67. The number of rotatable bonds is 7. The topological polar surface area (TPSA) is 108 Å². The van der Waals surface area contributed by atoms with Gasteiger partial charge in [0, 0.05) is 5.39 Å². The molecule has 1 N–H and O–H groups in total. The highest BCUT2D eigenvalue weighted by molar-refractivity contribution is 6.07. The average Bonchev–Trinajstić information content (AvgIpc) is 3.31. The molecule has 9 heteroatoms. The van der Waals surface area contributed by atoms with Gasteiger partial charge in [-0.1, -0.05) is 18.2 Å². The van der Waals surface area contributed by atoms with Crippen LogP contribution >= 0.6 is 0 Å². The van der Waals surface area contributed by atoms with Crippen molar-refractivity contribution in [3.63, 3.8) is 0 Å². The Labute approximate surface area is 196 Å². The number of aryl methyl sites for hydroxylation is 3. The van der Waals surface area contributed by atoms with E-state index in [4.69, 9.17) is 18.9 Å². The third kappa shape index (κ3) is 4.12. The number of pyridine rings is 1. The predicted molar refractivity (Wildman–Crippen MR) is 127 cm³/mol. The number of hydrogen-bond acceptors (Lipinski definition) is 8. The molecule has 0 aliphatic heterocycles. The molecule has 3 aromatic heterocycles. The van der Waals surface area contributed by atoms with Crippen LogP contribution < -0.4 is 5.32 Å². The number of benzene rings is 1. The van der Waals surface area contributed by atoms with E-state index in [0.29, 0.717) is 11.5 Å². The summed E-state index contributed by atoms with van der Waals surface area (Å²) >= 11 is 0. The van der Waals surface area contributed by atoms with Gasteiger partial charge in [-0.25, -0.2) is 19.3 Å². The number of hydrogen-bond donors (Lipinski definition) is 1. The molecule has 0 aliphatic carbocycles. The lowest BCUT2D eigenvalue weighted by Gasteiger charge is -2.09. The predicted octanol–water partition coefficient (Wildman–Crippen LogP) is 5.04. The fraction of sp³-hybridized carbons (Fsp3) is 0.280. The van der Waals surface area contributed by atoms with Crippen LogP contribution in [-0.4, -0.2) is 39.9 Å². The van der Waals surface area contributed by atoms with Gasteiger partial charge in [-0.2, -0.15) is 5.10 Å². The van der Waals surface area contributed by atoms with Gasteiger partial charge in [0.1, 0.15) is 22.7 Å². The Balaban J connectivity index is 1.83. The zero-order valence-electron chi connectivity index (χ0n) is 19.8. The average molecular weight is 463 g/mol. The number of furan rings is 1. The standard InChI is InChI=1S/C25H26N4O5/c1-6-32-24(30)20-16(5)34-23(21(20)25(31)33-7-2)27-18-13-14(3)19-15(4)28-29(22(19)26-18)17-11-9-8-10-12-17/h8-13H,6-7H2,1-5H3,(H,26,27). The lowest BCUT2D eigenvalue weighted by molar-refractivity contribution is 0.0480. The van der Waals surface area contributed by atoms with Crippen molar-refractivity contribution in [1.29, 1.82) is 0 Å². The molecule has 0 bridgehead atoms. The zero-order valence-corrected chi connectivity index (χ0v) is 19.8. The van der Waals surface area contributed by atoms with Gasteiger partial charge in [-0.15, -0.1) is 0 Å². The van der Waals surface area contributed by atoms with Crippen LogP contribution in [0.25, 0.3) is 16.7 Å². The van der Waals surface area contributed by atoms with Gasteiger partial charge in [0.25, 0.3) is 0 Å². The van der Waals surface area contributed by atoms with E-state index < -0.39 is 11.9 Å². The van der Waals surface area contributed by atoms with Gasteiger partial charge < -0.3 is 19.2 Å². The summed E-state index contributed by atoms with van der Waals surface area (Å²) in [6.07, 6.45) is 0. The minimum absolute atomic E-state index is 0.0231. The van der Waals surface area contributed by atoms with Gasteiger partial charge in [0.15, 0.2) is 5.65 Å². The maximum absolute atomic E-state index is 12.8. The maximum atomic E-state index is 12.8. The van der Waals surface area contributed by atoms with E-state index in [1.165, 1.54) is 0 Å². The molecule has 0 fully saturated rings. The molecule has 34 heavy (non-hydrogen) atoms. The van der Waals surface area contributed by atoms with Crippen LogP contribution in [0.5, 0.6) is 0 Å². The summed E-state index contributed by atoms with van der Waals surface area (Å²) in [7, 11) is 0. The van der Waals surface area contributed by atoms with E-state index in [1.807, 2.05) is 50.2 Å². The molecular formula is C25H26N4O5. The van der Waals surface area contributed by atoms with Crippen molar-refractivity contribution in [3.8, 4) is 5.69 Å². The van der Waals surface area contributed by atoms with Crippen molar-refractivity contribution in [1.82, 2.24) is 14.8 Å². The number of esters is 2. The van der Waals surface area contributed by atoms with E-state index in [1.54, 1.807) is 25.5 Å². The summed E-state index contributed by atoms with van der Waals surface area (Å²) in [6, 6.07) is 11.5. The molecular weight excluding hydrogens is 436 g/mol. The van der Waals surface area contributed by atoms with Gasteiger partial charge in [-0.3, -0.25) is 0 Å². The van der Waals surface area contributed by atoms with Crippen LogP contribution in [0.4, 0.5) is 11.7 Å². The molecule has 0 atom stereocenters. The molecule has 3 heterocycles. The van der Waals surface area contributed by atoms with Crippen molar-refractivity contribution in [3.05, 3.63) is 64.5 Å². The van der Waals surface area contributed by atoms with Crippen molar-refractivity contribution in [2.24, 2.45) is 0 Å². The smallest absolute Gasteiger partial charge is 0.344 e. The number of nitrogens with one attached hydrogen (secondary N) is 1. The second kappa shape index (κ2) is 9.38. The van der Waals surface area contributed by atoms with Gasteiger partial charge in [0.2, 0.25) is 5.88 Å². The second-order valence-corrected chi connectivity index (χ2v) is 7.66. The number of fused-ring (bicyclic) bond motifs is 1. The Hall–Kier alpha value is -4.14. The summed E-state index contributed by atoms with van der Waals surface area (Å²) in [6.45, 7) is 9.17. The van der Waals surface area contributed by atoms with E-state index in [2.05, 4.69) is 10.4 Å². The number of anilines is 2. The maximum Gasteiger partial charge on any atom is 0.344 e. The Morgan fingerprint density at radius 3 is 2.29 bits per heavy atom. The molecule has 4 aromatic rings. The van der Waals surface area contributed by atoms with Crippen molar-refractivity contribution < 1.29 is 23.5 Å². The first-order valence-corrected chi connectivity index (χ1v) is 11.0. The van der Waals surface area contributed by atoms with Gasteiger partial charge >= 0.3 is 11.9 Å². The van der Waals surface area contributed by atoms with Crippen LogP contribution in [0.2, 0.25) is 0 Å². The van der Waals surface area contributed by atoms with Crippen LogP contribution in [0.1, 0.15) is 51.6 Å². The third-order valence-corrected chi connectivity index (χ3v) is 5.30. The van der Waals surface area contributed by atoms with E-state index in [-0.39, 0.29) is 36.0 Å². The first-order chi connectivity index (χ1) is 16.3. The third-order valence-electron chi connectivity index (χ3n) is 5.30. The molecule has 0 unspecified atom stereocenters. The van der Waals surface area contributed by atoms with E-state index >= 15 is 0 Å². The van der Waals surface area contributed by atoms with Crippen molar-refractivity contribution in [2.45, 2.75) is 34.6 Å². The number of carbonyl (C=O) groups is 2. The number of aromatic nitrogens is 3. The molecule has 0 amide bonds. The van der Waals surface area contributed by atoms with Crippen LogP contribution in [-0.2, 0) is 9.47 Å². The summed E-state index contributed by atoms with van der Waals surface area (Å²) in [4.78, 5) is 30.1. The Morgan fingerprint density at radius 1 is 1.00 bits per heavy atom. The molecule has 4 rings (SSSR count). The van der Waals surface area contributed by atoms with Crippen LogP contribution in [0.3, 0.4) is 0 Å². The van der Waals surface area contributed by atoms with E-state index in [9.17, 15) is 9.59 Å². The minimum Gasteiger partial charge on any atom is -0.462 e. The number of nitrogens with zero attached hydrogens (tertiary/aromatic N) is 3. The van der Waals surface area contributed by atoms with Crippen molar-refractivity contribution in [2.75, 3.05) is 18.5 Å². The molecule has 0 saturated carbocycles. The first-order valence-electron chi connectivity index (χ1n) is 11.0. The number of carbonyl (C=O) groups excluding carboxylic acids is 2. The fourth-order valence-electron chi connectivity index (χ4n) is 3.91. The van der Waals surface area contributed by atoms with E-state index in [0.717, 1.165) is 22.3 Å². The SMILES string of the molecule is CCOC(=O)c1c(C)oc(Nc2cc(C)c3c(C)nn(-c4ccccc4)c3n2)c1C(=O)OCC. The molecule has 0 saturated heterocycles. The first kappa shape index (κ1) is 23.0. The monoisotopic (exact) mass is 462 g/mol. The number of para-hydroxylation sites is 1. The molecule has 0 aliphatic rings. The normalized spacial score (nSPS) is 11.0. The quantitative estimate of drug-likeness (QED) is 0.381. The Morgan fingerprint density at radius 2 is 1.65 bits per heavy atom. The highest BCUT2D eigenvalue weighted by atomic mass is 16.5. The zero-order chi connectivity index (χ0) is 24.4. The highest BCUT2D eigenvalue weighted by Gasteiger charge is 2.31. The number of ether oxygens (including phenoxy) is 2. The van der Waals surface area contributed by atoms with Crippen LogP contribution in [0, 0.1) is 20.8 Å². The molecule has 0 spiro atoms. The summed E-state index contributed by atoms with van der Waals surface area (Å²) in [5.41, 5.74) is 3.32. The molecule has 0 radical (unpaired) electrons. The minimum atomic E-state index is -0.687. The fourth-order valence-corrected chi connectivity index (χ4v) is 3.91. The summed E-state index contributed by atoms with van der Waals surface area (Å²) < 4.78 is 17.9. The lowest BCUT2D eigenvalue weighted by Crippen LogP contribution is -2.14. The van der Waals surface area contributed by atoms with Crippen molar-refractivity contribution >= 4 is 34.7 Å². The lowest BCUT2D eigenvalue weighted by atomic mass is 10.1.